The van der Waals surface area contributed by atoms with Crippen molar-refractivity contribution < 1.29 is 18.1 Å². The maximum atomic E-state index is 14.6. The number of anilines is 1. The number of hydrogen-bond acceptors (Lipinski definition) is 5. The number of aromatic nitrogens is 3. The summed E-state index contributed by atoms with van der Waals surface area (Å²) in [7, 11) is 0. The van der Waals surface area contributed by atoms with Crippen molar-refractivity contribution in [2.24, 2.45) is 0 Å². The third-order valence-electron chi connectivity index (χ3n) is 4.21. The number of nitrogens with zero attached hydrogens (tertiary/aromatic N) is 3. The van der Waals surface area contributed by atoms with E-state index in [1.807, 2.05) is 0 Å². The second-order valence-corrected chi connectivity index (χ2v) is 6.25. The minimum Gasteiger partial charge on any atom is -0.334 e. The van der Waals surface area contributed by atoms with Crippen LogP contribution in [0.1, 0.15) is 16.1 Å². The molecule has 0 saturated carbocycles. The largest absolute Gasteiger partial charge is 0.334 e. The van der Waals surface area contributed by atoms with Gasteiger partial charge in [-0.2, -0.15) is 4.98 Å². The Labute approximate surface area is 164 Å². The Morgan fingerprint density at radius 3 is 2.59 bits per heavy atom. The molecule has 0 atom stereocenters. The van der Waals surface area contributed by atoms with Crippen molar-refractivity contribution in [1.29, 1.82) is 0 Å². The highest BCUT2D eigenvalue weighted by Gasteiger charge is 2.17. The predicted molar refractivity (Wildman–Crippen MR) is 102 cm³/mol. The van der Waals surface area contributed by atoms with Crippen LogP contribution in [0, 0.1) is 18.6 Å². The molecule has 29 heavy (non-hydrogen) atoms. The number of amides is 1. The van der Waals surface area contributed by atoms with Gasteiger partial charge in [-0.1, -0.05) is 11.2 Å². The van der Waals surface area contributed by atoms with Crippen molar-refractivity contribution in [3.05, 3.63) is 83.7 Å². The minimum atomic E-state index is -0.632. The Bertz CT molecular complexity index is 1190. The van der Waals surface area contributed by atoms with E-state index >= 15 is 0 Å². The van der Waals surface area contributed by atoms with Crippen molar-refractivity contribution >= 4 is 11.6 Å². The number of aryl methyl sites for hydroxylation is 1. The zero-order valence-corrected chi connectivity index (χ0v) is 15.2. The maximum Gasteiger partial charge on any atom is 0.274 e. The van der Waals surface area contributed by atoms with Gasteiger partial charge >= 0.3 is 0 Å². The van der Waals surface area contributed by atoms with E-state index in [1.165, 1.54) is 36.5 Å². The second kappa shape index (κ2) is 7.59. The van der Waals surface area contributed by atoms with Crippen LogP contribution in [0.5, 0.6) is 0 Å². The third kappa shape index (κ3) is 3.86. The molecular weight excluding hydrogens is 378 g/mol. The van der Waals surface area contributed by atoms with Gasteiger partial charge in [0.15, 0.2) is 0 Å². The molecule has 0 aliphatic carbocycles. The van der Waals surface area contributed by atoms with Gasteiger partial charge in [-0.3, -0.25) is 9.78 Å². The zero-order valence-electron chi connectivity index (χ0n) is 15.2. The Morgan fingerprint density at radius 1 is 1.03 bits per heavy atom. The molecule has 4 aromatic rings. The van der Waals surface area contributed by atoms with Gasteiger partial charge in [-0.25, -0.2) is 8.78 Å². The van der Waals surface area contributed by atoms with Crippen LogP contribution in [0.4, 0.5) is 14.5 Å². The lowest BCUT2D eigenvalue weighted by atomic mass is 10.1. The van der Waals surface area contributed by atoms with Crippen LogP contribution in [-0.4, -0.2) is 21.0 Å². The zero-order chi connectivity index (χ0) is 20.4. The molecule has 0 spiro atoms. The van der Waals surface area contributed by atoms with Crippen LogP contribution in [0.25, 0.3) is 22.8 Å². The van der Waals surface area contributed by atoms with Crippen molar-refractivity contribution in [3.63, 3.8) is 0 Å². The number of halogens is 2. The summed E-state index contributed by atoms with van der Waals surface area (Å²) in [6.07, 6.45) is 1.50. The number of carbonyl (C=O) groups is 1. The van der Waals surface area contributed by atoms with Crippen molar-refractivity contribution in [2.45, 2.75) is 6.92 Å². The summed E-state index contributed by atoms with van der Waals surface area (Å²) in [5, 5.41) is 6.39. The Morgan fingerprint density at radius 2 is 1.86 bits per heavy atom. The van der Waals surface area contributed by atoms with E-state index < -0.39 is 11.7 Å². The maximum absolute atomic E-state index is 14.6. The van der Waals surface area contributed by atoms with E-state index in [9.17, 15) is 13.6 Å². The molecule has 0 fully saturated rings. The van der Waals surface area contributed by atoms with Gasteiger partial charge in [0.25, 0.3) is 11.8 Å². The molecule has 0 aliphatic heterocycles. The normalized spacial score (nSPS) is 10.7. The summed E-state index contributed by atoms with van der Waals surface area (Å²) in [4.78, 5) is 20.3. The molecule has 0 aliphatic rings. The van der Waals surface area contributed by atoms with Crippen molar-refractivity contribution in [1.82, 2.24) is 15.1 Å². The Hall–Kier alpha value is -3.94. The molecule has 2 heterocycles. The molecule has 0 unspecified atom stereocenters. The molecular formula is C21H14F2N4O2. The number of pyridine rings is 1. The molecule has 4 rings (SSSR count). The minimum absolute atomic E-state index is 0.0452. The van der Waals surface area contributed by atoms with Crippen molar-refractivity contribution in [2.75, 3.05) is 5.32 Å². The van der Waals surface area contributed by atoms with Gasteiger partial charge in [-0.15, -0.1) is 0 Å². The lowest BCUT2D eigenvalue weighted by Gasteiger charge is -2.06. The summed E-state index contributed by atoms with van der Waals surface area (Å²) in [6, 6.07) is 13.2. The number of nitrogens with one attached hydrogen (secondary N) is 1. The molecule has 1 amide bonds. The summed E-state index contributed by atoms with van der Waals surface area (Å²) in [5.41, 5.74) is 1.77. The van der Waals surface area contributed by atoms with E-state index in [-0.39, 0.29) is 34.5 Å². The second-order valence-electron chi connectivity index (χ2n) is 6.25. The molecule has 2 aromatic heterocycles. The molecule has 6 nitrogen and oxygen atoms in total. The summed E-state index contributed by atoms with van der Waals surface area (Å²) in [6.45, 7) is 1.71. The number of rotatable bonds is 4. The fourth-order valence-electron chi connectivity index (χ4n) is 2.78. The fourth-order valence-corrected chi connectivity index (χ4v) is 2.78. The highest BCUT2D eigenvalue weighted by molar-refractivity contribution is 6.02. The summed E-state index contributed by atoms with van der Waals surface area (Å²) >= 11 is 0. The first-order valence-corrected chi connectivity index (χ1v) is 8.64. The van der Waals surface area contributed by atoms with Gasteiger partial charge in [-0.05, 0) is 61.0 Å². The number of hydrogen-bond donors (Lipinski definition) is 1. The van der Waals surface area contributed by atoms with Gasteiger partial charge in [0.1, 0.15) is 17.3 Å². The highest BCUT2D eigenvalue weighted by atomic mass is 19.1. The molecule has 1 N–H and O–H groups in total. The van der Waals surface area contributed by atoms with E-state index in [0.717, 1.165) is 6.07 Å². The average molecular weight is 392 g/mol. The Kier molecular flexibility index (Phi) is 4.82. The standard InChI is InChI=1S/C21H14F2N4O2/c1-12-10-13(22)5-7-15(12)21-26-19(27-29-21)16-8-6-14(11-17(16)23)25-20(28)18-4-2-3-9-24-18/h2-11H,1H3,(H,25,28). The van der Waals surface area contributed by atoms with E-state index in [1.54, 1.807) is 25.1 Å². The predicted octanol–water partition coefficient (Wildman–Crippen LogP) is 4.64. The van der Waals surface area contributed by atoms with E-state index in [2.05, 4.69) is 20.4 Å². The number of carbonyl (C=O) groups excluding carboxylic acids is 1. The first-order valence-electron chi connectivity index (χ1n) is 8.64. The first kappa shape index (κ1) is 18.4. The lowest BCUT2D eigenvalue weighted by molar-refractivity contribution is 0.102. The van der Waals surface area contributed by atoms with Gasteiger partial charge < -0.3 is 9.84 Å². The van der Waals surface area contributed by atoms with Gasteiger partial charge in [0.2, 0.25) is 5.82 Å². The Balaban J connectivity index is 1.57. The SMILES string of the molecule is Cc1cc(F)ccc1-c1nc(-c2ccc(NC(=O)c3ccccn3)cc2F)no1. The van der Waals surface area contributed by atoms with Gasteiger partial charge in [0, 0.05) is 17.4 Å². The van der Waals surface area contributed by atoms with Crippen LogP contribution >= 0.6 is 0 Å². The summed E-state index contributed by atoms with van der Waals surface area (Å²) < 4.78 is 33.1. The fraction of sp³-hybridized carbons (Fsp3) is 0.0476. The topological polar surface area (TPSA) is 80.9 Å². The third-order valence-corrected chi connectivity index (χ3v) is 4.21. The van der Waals surface area contributed by atoms with Crippen LogP contribution in [0.2, 0.25) is 0 Å². The lowest BCUT2D eigenvalue weighted by Crippen LogP contribution is -2.13. The number of benzene rings is 2. The summed E-state index contributed by atoms with van der Waals surface area (Å²) in [5.74, 6) is -1.26. The van der Waals surface area contributed by atoms with E-state index in [0.29, 0.717) is 11.1 Å². The molecule has 2 aromatic carbocycles. The monoisotopic (exact) mass is 392 g/mol. The van der Waals surface area contributed by atoms with Crippen LogP contribution in [0.3, 0.4) is 0 Å². The highest BCUT2D eigenvalue weighted by Crippen LogP contribution is 2.28. The molecule has 8 heteroatoms. The molecule has 0 saturated heterocycles. The quantitative estimate of drug-likeness (QED) is 0.547. The average Bonchev–Trinajstić information content (AvgIpc) is 3.18. The van der Waals surface area contributed by atoms with Gasteiger partial charge in [0.05, 0.1) is 5.56 Å². The molecule has 0 radical (unpaired) electrons. The first-order chi connectivity index (χ1) is 14.0. The molecule has 144 valence electrons. The van der Waals surface area contributed by atoms with Crippen LogP contribution in [0.15, 0.2) is 65.3 Å². The van der Waals surface area contributed by atoms with Crippen LogP contribution in [-0.2, 0) is 0 Å². The smallest absolute Gasteiger partial charge is 0.274 e. The van der Waals surface area contributed by atoms with Crippen molar-refractivity contribution in [3.8, 4) is 22.8 Å². The molecule has 0 bridgehead atoms. The van der Waals surface area contributed by atoms with E-state index in [4.69, 9.17) is 4.52 Å². The van der Waals surface area contributed by atoms with Crippen LogP contribution < -0.4 is 5.32 Å².